The van der Waals surface area contributed by atoms with E-state index in [0.29, 0.717) is 5.69 Å². The summed E-state index contributed by atoms with van der Waals surface area (Å²) in [4.78, 5) is 26.1. The van der Waals surface area contributed by atoms with Crippen molar-refractivity contribution < 1.29 is 14.7 Å². The second-order valence-corrected chi connectivity index (χ2v) is 4.05. The highest BCUT2D eigenvalue weighted by Crippen LogP contribution is 2.17. The van der Waals surface area contributed by atoms with E-state index in [1.807, 2.05) is 0 Å². The van der Waals surface area contributed by atoms with Gasteiger partial charge in [-0.2, -0.15) is 5.26 Å². The quantitative estimate of drug-likeness (QED) is 0.426. The Bertz CT molecular complexity index is 595. The van der Waals surface area contributed by atoms with Crippen LogP contribution in [-0.4, -0.2) is 28.0 Å². The highest BCUT2D eigenvalue weighted by atomic mass is 35.5. The number of carbonyl (C=O) groups is 2. The lowest BCUT2D eigenvalue weighted by Crippen LogP contribution is -2.39. The number of carbonyl (C=O) groups excluding carboxylic acids is 1. The molecule has 0 fully saturated rings. The van der Waals surface area contributed by atoms with Gasteiger partial charge < -0.3 is 15.7 Å². The number of hydrogen-bond acceptors (Lipinski definition) is 5. The van der Waals surface area contributed by atoms with Gasteiger partial charge in [-0.05, 0) is 19.1 Å². The summed E-state index contributed by atoms with van der Waals surface area (Å²) in [5.74, 6) is -1.99. The molecule has 0 aliphatic heterocycles. The van der Waals surface area contributed by atoms with Gasteiger partial charge in [0.15, 0.2) is 5.15 Å². The van der Waals surface area contributed by atoms with Gasteiger partial charge in [0.25, 0.3) is 5.91 Å². The Kier molecular flexibility index (Phi) is 5.50. The molecule has 1 heterocycles. The van der Waals surface area contributed by atoms with Gasteiger partial charge >= 0.3 is 5.97 Å². The zero-order valence-corrected chi connectivity index (χ0v) is 11.2. The standard InChI is InChI=1S/C12H11ClN4O3/c1-7(12(19)20)17-11(18)8(5-14)6-16-9-3-2-4-15-10(9)13/h2-4,6-7,16H,1H3,(H,17,18)(H,19,20)/b8-6-. The Balaban J connectivity index is 2.79. The molecule has 20 heavy (non-hydrogen) atoms. The second kappa shape index (κ2) is 7.11. The van der Waals surface area contributed by atoms with Crippen LogP contribution in [0.4, 0.5) is 5.69 Å². The van der Waals surface area contributed by atoms with Crippen LogP contribution in [0.25, 0.3) is 0 Å². The van der Waals surface area contributed by atoms with Crippen molar-refractivity contribution in [3.63, 3.8) is 0 Å². The first-order chi connectivity index (χ1) is 9.45. The normalized spacial score (nSPS) is 12.2. The number of rotatable bonds is 5. The first-order valence-corrected chi connectivity index (χ1v) is 5.84. The SMILES string of the molecule is CC(NC(=O)/C(C#N)=C\Nc1cccnc1Cl)C(=O)O. The number of anilines is 1. The van der Waals surface area contributed by atoms with Gasteiger partial charge in [0.05, 0.1) is 5.69 Å². The average molecular weight is 295 g/mol. The minimum absolute atomic E-state index is 0.181. The van der Waals surface area contributed by atoms with Gasteiger partial charge in [-0.1, -0.05) is 11.6 Å². The van der Waals surface area contributed by atoms with Crippen molar-refractivity contribution in [2.24, 2.45) is 0 Å². The molecule has 1 atom stereocenters. The van der Waals surface area contributed by atoms with Crippen LogP contribution in [0.2, 0.25) is 5.15 Å². The number of pyridine rings is 1. The van der Waals surface area contributed by atoms with Crippen LogP contribution in [0.15, 0.2) is 30.1 Å². The second-order valence-electron chi connectivity index (χ2n) is 3.69. The molecule has 0 saturated carbocycles. The van der Waals surface area contributed by atoms with E-state index >= 15 is 0 Å². The summed E-state index contributed by atoms with van der Waals surface area (Å²) >= 11 is 5.79. The summed E-state index contributed by atoms with van der Waals surface area (Å²) in [6.07, 6.45) is 2.62. The summed E-state index contributed by atoms with van der Waals surface area (Å²) in [6, 6.07) is 3.81. The lowest BCUT2D eigenvalue weighted by atomic mass is 10.2. The maximum Gasteiger partial charge on any atom is 0.325 e. The zero-order chi connectivity index (χ0) is 15.1. The number of amides is 1. The van der Waals surface area contributed by atoms with Crippen molar-refractivity contribution in [1.29, 1.82) is 5.26 Å². The van der Waals surface area contributed by atoms with Crippen molar-refractivity contribution in [3.05, 3.63) is 35.3 Å². The smallest absolute Gasteiger partial charge is 0.325 e. The molecule has 7 nitrogen and oxygen atoms in total. The molecule has 0 aliphatic carbocycles. The van der Waals surface area contributed by atoms with E-state index in [0.717, 1.165) is 6.20 Å². The number of nitrogens with one attached hydrogen (secondary N) is 2. The minimum atomic E-state index is -1.20. The highest BCUT2D eigenvalue weighted by molar-refractivity contribution is 6.32. The fourth-order valence-electron chi connectivity index (χ4n) is 1.13. The van der Waals surface area contributed by atoms with Crippen LogP contribution in [-0.2, 0) is 9.59 Å². The number of carboxylic acids is 1. The van der Waals surface area contributed by atoms with Crippen LogP contribution in [0.5, 0.6) is 0 Å². The number of nitriles is 1. The number of aromatic nitrogens is 1. The van der Waals surface area contributed by atoms with Crippen LogP contribution < -0.4 is 10.6 Å². The Morgan fingerprint density at radius 1 is 1.60 bits per heavy atom. The lowest BCUT2D eigenvalue weighted by Gasteiger charge is -2.08. The summed E-state index contributed by atoms with van der Waals surface area (Å²) in [6.45, 7) is 1.29. The lowest BCUT2D eigenvalue weighted by molar-refractivity contribution is -0.140. The summed E-state index contributed by atoms with van der Waals surface area (Å²) in [7, 11) is 0. The third kappa shape index (κ3) is 4.26. The largest absolute Gasteiger partial charge is 0.480 e. The van der Waals surface area contributed by atoms with Gasteiger partial charge in [0, 0.05) is 12.4 Å². The molecule has 3 N–H and O–H groups in total. The minimum Gasteiger partial charge on any atom is -0.480 e. The Morgan fingerprint density at radius 2 is 2.30 bits per heavy atom. The number of halogens is 1. The van der Waals surface area contributed by atoms with E-state index in [1.54, 1.807) is 18.2 Å². The average Bonchev–Trinajstić information content (AvgIpc) is 2.41. The molecular weight excluding hydrogens is 284 g/mol. The van der Waals surface area contributed by atoms with Gasteiger partial charge in [-0.3, -0.25) is 9.59 Å². The maximum atomic E-state index is 11.6. The van der Waals surface area contributed by atoms with E-state index < -0.39 is 17.9 Å². The predicted molar refractivity (Wildman–Crippen MR) is 71.8 cm³/mol. The van der Waals surface area contributed by atoms with Crippen molar-refractivity contribution in [3.8, 4) is 6.07 Å². The molecule has 1 aromatic heterocycles. The van der Waals surface area contributed by atoms with Crippen LogP contribution >= 0.6 is 11.6 Å². The van der Waals surface area contributed by atoms with Crippen LogP contribution in [0.1, 0.15) is 6.92 Å². The van der Waals surface area contributed by atoms with Crippen molar-refractivity contribution in [2.75, 3.05) is 5.32 Å². The molecule has 0 spiro atoms. The Labute approximate surface area is 119 Å². The molecule has 104 valence electrons. The number of hydrogen-bond donors (Lipinski definition) is 3. The molecule has 1 unspecified atom stereocenters. The molecule has 8 heteroatoms. The third-order valence-corrected chi connectivity index (χ3v) is 2.52. The van der Waals surface area contributed by atoms with Crippen molar-refractivity contribution >= 4 is 29.2 Å². The predicted octanol–water partition coefficient (Wildman–Crippen LogP) is 1.14. The van der Waals surface area contributed by atoms with Crippen LogP contribution in [0.3, 0.4) is 0 Å². The van der Waals surface area contributed by atoms with E-state index in [4.69, 9.17) is 22.0 Å². The zero-order valence-electron chi connectivity index (χ0n) is 10.4. The molecule has 0 aromatic carbocycles. The summed E-state index contributed by atoms with van der Waals surface area (Å²) in [5, 5.41) is 22.6. The monoisotopic (exact) mass is 294 g/mol. The number of carboxylic acid groups (broad SMARTS) is 1. The molecular formula is C12H11ClN4O3. The fraction of sp³-hybridized carbons (Fsp3) is 0.167. The first kappa shape index (κ1) is 15.5. The molecule has 0 bridgehead atoms. The van der Waals surface area contributed by atoms with E-state index in [9.17, 15) is 9.59 Å². The molecule has 1 rings (SSSR count). The van der Waals surface area contributed by atoms with Gasteiger partial charge in [-0.25, -0.2) is 4.98 Å². The van der Waals surface area contributed by atoms with Crippen molar-refractivity contribution in [1.82, 2.24) is 10.3 Å². The van der Waals surface area contributed by atoms with Crippen molar-refractivity contribution in [2.45, 2.75) is 13.0 Å². The topological polar surface area (TPSA) is 115 Å². The summed E-state index contributed by atoms with van der Waals surface area (Å²) in [5.41, 5.74) is 0.138. The highest BCUT2D eigenvalue weighted by Gasteiger charge is 2.17. The first-order valence-electron chi connectivity index (χ1n) is 5.46. The fourth-order valence-corrected chi connectivity index (χ4v) is 1.30. The third-order valence-electron chi connectivity index (χ3n) is 2.21. The van der Waals surface area contributed by atoms with E-state index in [1.165, 1.54) is 13.1 Å². The molecule has 0 saturated heterocycles. The molecule has 1 amide bonds. The number of aliphatic carboxylic acids is 1. The van der Waals surface area contributed by atoms with Gasteiger partial charge in [0.2, 0.25) is 0 Å². The molecule has 1 aromatic rings. The number of nitrogens with zero attached hydrogens (tertiary/aromatic N) is 2. The Hall–Kier alpha value is -2.59. The molecule has 0 radical (unpaired) electrons. The van der Waals surface area contributed by atoms with Gasteiger partial charge in [0.1, 0.15) is 17.7 Å². The molecule has 0 aliphatic rings. The maximum absolute atomic E-state index is 11.6. The van der Waals surface area contributed by atoms with E-state index in [2.05, 4.69) is 15.6 Å². The van der Waals surface area contributed by atoms with Crippen LogP contribution in [0, 0.1) is 11.3 Å². The summed E-state index contributed by atoms with van der Waals surface area (Å²) < 4.78 is 0. The van der Waals surface area contributed by atoms with Gasteiger partial charge in [-0.15, -0.1) is 0 Å². The Morgan fingerprint density at radius 3 is 2.85 bits per heavy atom. The van der Waals surface area contributed by atoms with E-state index in [-0.39, 0.29) is 10.7 Å².